The van der Waals surface area contributed by atoms with Gasteiger partial charge < -0.3 is 20.5 Å². The van der Waals surface area contributed by atoms with Gasteiger partial charge in [0.05, 0.1) is 12.1 Å². The standard InChI is InChI=1S/C29H31N5O4.H2S/c1-34-18-22-17-21(9-13-25(22)33-34)28(35)32-26(29(36)37)16-19-6-11-24(12-7-19)38-15-3-5-23-10-8-20-4-2-14-30-27(20)31-23;/h6-13,17-18,26H,2-5,14-16H2,1H3,(H,30,31)(H,32,35)(H,36,37);1H2/t26-;/m0./s1. The van der Waals surface area contributed by atoms with Gasteiger partial charge in [-0.3, -0.25) is 9.48 Å². The molecule has 0 unspecified atom stereocenters. The minimum atomic E-state index is -1.09. The molecule has 0 bridgehead atoms. The molecule has 204 valence electrons. The van der Waals surface area contributed by atoms with Crippen molar-refractivity contribution in [2.45, 2.75) is 38.1 Å². The molecule has 0 saturated heterocycles. The fourth-order valence-corrected chi connectivity index (χ4v) is 4.64. The van der Waals surface area contributed by atoms with E-state index in [-0.39, 0.29) is 19.9 Å². The third-order valence-electron chi connectivity index (χ3n) is 6.65. The van der Waals surface area contributed by atoms with E-state index in [1.807, 2.05) is 37.5 Å². The van der Waals surface area contributed by atoms with Crippen molar-refractivity contribution in [3.05, 3.63) is 83.2 Å². The van der Waals surface area contributed by atoms with Crippen LogP contribution in [0.5, 0.6) is 5.75 Å². The first-order valence-electron chi connectivity index (χ1n) is 12.9. The van der Waals surface area contributed by atoms with Gasteiger partial charge in [-0.25, -0.2) is 9.78 Å². The highest BCUT2D eigenvalue weighted by molar-refractivity contribution is 7.59. The molecule has 9 nitrogen and oxygen atoms in total. The lowest BCUT2D eigenvalue weighted by atomic mass is 10.0. The Labute approximate surface area is 234 Å². The second kappa shape index (κ2) is 12.7. The van der Waals surface area contributed by atoms with Crippen molar-refractivity contribution in [1.82, 2.24) is 20.1 Å². The number of aromatic nitrogens is 3. The number of carbonyl (C=O) groups excluding carboxylic acids is 1. The number of nitrogens with zero attached hydrogens (tertiary/aromatic N) is 3. The van der Waals surface area contributed by atoms with Crippen LogP contribution in [0.1, 0.15) is 40.0 Å². The van der Waals surface area contributed by atoms with Crippen LogP contribution in [0.3, 0.4) is 0 Å². The fraction of sp³-hybridized carbons (Fsp3) is 0.310. The number of hydrogen-bond acceptors (Lipinski definition) is 6. The molecule has 0 radical (unpaired) electrons. The average molecular weight is 548 g/mol. The fourth-order valence-electron chi connectivity index (χ4n) is 4.64. The normalized spacial score (nSPS) is 13.1. The topological polar surface area (TPSA) is 118 Å². The van der Waals surface area contributed by atoms with Crippen LogP contribution in [-0.2, 0) is 31.1 Å². The first-order valence-corrected chi connectivity index (χ1v) is 12.9. The van der Waals surface area contributed by atoms with Crippen molar-refractivity contribution in [2.24, 2.45) is 7.05 Å². The van der Waals surface area contributed by atoms with Crippen LogP contribution in [0.15, 0.2) is 60.8 Å². The molecule has 4 aromatic rings. The highest BCUT2D eigenvalue weighted by Gasteiger charge is 2.21. The van der Waals surface area contributed by atoms with Crippen molar-refractivity contribution in [2.75, 3.05) is 18.5 Å². The molecule has 3 N–H and O–H groups in total. The molecular formula is C29H33N5O4S. The Morgan fingerprint density at radius 1 is 1.15 bits per heavy atom. The summed E-state index contributed by atoms with van der Waals surface area (Å²) >= 11 is 0. The summed E-state index contributed by atoms with van der Waals surface area (Å²) in [5, 5.41) is 20.8. The molecule has 2 aromatic carbocycles. The van der Waals surface area contributed by atoms with Crippen LogP contribution in [0.2, 0.25) is 0 Å². The Bertz CT molecular complexity index is 1450. The van der Waals surface area contributed by atoms with E-state index in [9.17, 15) is 14.7 Å². The van der Waals surface area contributed by atoms with Gasteiger partial charge in [0, 0.05) is 42.9 Å². The zero-order chi connectivity index (χ0) is 26.5. The molecule has 10 heteroatoms. The van der Waals surface area contributed by atoms with E-state index < -0.39 is 17.9 Å². The van der Waals surface area contributed by atoms with Gasteiger partial charge in [0.15, 0.2) is 0 Å². The van der Waals surface area contributed by atoms with E-state index in [4.69, 9.17) is 9.72 Å². The van der Waals surface area contributed by atoms with Crippen molar-refractivity contribution in [1.29, 1.82) is 0 Å². The Balaban J connectivity index is 0.00000353. The van der Waals surface area contributed by atoms with Gasteiger partial charge in [-0.1, -0.05) is 18.2 Å². The number of amides is 1. The molecule has 0 spiro atoms. The van der Waals surface area contributed by atoms with Crippen LogP contribution in [0.25, 0.3) is 10.9 Å². The summed E-state index contributed by atoms with van der Waals surface area (Å²) in [6.07, 6.45) is 5.87. The number of aliphatic carboxylic acids is 1. The molecule has 3 heterocycles. The summed E-state index contributed by atoms with van der Waals surface area (Å²) in [6.45, 7) is 1.53. The maximum atomic E-state index is 12.7. The van der Waals surface area contributed by atoms with Crippen molar-refractivity contribution < 1.29 is 19.4 Å². The second-order valence-electron chi connectivity index (χ2n) is 9.58. The number of fused-ring (bicyclic) bond motifs is 2. The van der Waals surface area contributed by atoms with Crippen LogP contribution in [0, 0.1) is 0 Å². The number of aryl methyl sites for hydroxylation is 3. The monoisotopic (exact) mass is 547 g/mol. The molecule has 1 amide bonds. The maximum Gasteiger partial charge on any atom is 0.326 e. The number of carbonyl (C=O) groups is 2. The first kappa shape index (κ1) is 28.0. The smallest absolute Gasteiger partial charge is 0.326 e. The molecule has 1 atom stereocenters. The molecule has 1 aliphatic heterocycles. The van der Waals surface area contributed by atoms with E-state index in [2.05, 4.69) is 27.9 Å². The lowest BCUT2D eigenvalue weighted by Gasteiger charge is -2.17. The highest BCUT2D eigenvalue weighted by Crippen LogP contribution is 2.21. The second-order valence-corrected chi connectivity index (χ2v) is 9.58. The highest BCUT2D eigenvalue weighted by atomic mass is 32.1. The van der Waals surface area contributed by atoms with E-state index in [0.717, 1.165) is 66.0 Å². The van der Waals surface area contributed by atoms with E-state index in [1.165, 1.54) is 5.56 Å². The minimum Gasteiger partial charge on any atom is -0.494 e. The Morgan fingerprint density at radius 2 is 1.97 bits per heavy atom. The maximum absolute atomic E-state index is 12.7. The lowest BCUT2D eigenvalue weighted by molar-refractivity contribution is -0.139. The molecule has 0 fully saturated rings. The Hall–Kier alpha value is -4.05. The van der Waals surface area contributed by atoms with Gasteiger partial charge in [-0.05, 0) is 73.2 Å². The number of anilines is 1. The van der Waals surface area contributed by atoms with Gasteiger partial charge in [-0.2, -0.15) is 18.6 Å². The predicted molar refractivity (Wildman–Crippen MR) is 155 cm³/mol. The summed E-state index contributed by atoms with van der Waals surface area (Å²) in [5.41, 5.74) is 4.29. The minimum absolute atomic E-state index is 0. The molecular weight excluding hydrogens is 514 g/mol. The number of carboxylic acids is 1. The molecule has 0 saturated carbocycles. The molecule has 2 aromatic heterocycles. The van der Waals surface area contributed by atoms with Gasteiger partial charge in [0.25, 0.3) is 5.91 Å². The third kappa shape index (κ3) is 7.08. The summed E-state index contributed by atoms with van der Waals surface area (Å²) in [7, 11) is 1.81. The average Bonchev–Trinajstić information content (AvgIpc) is 3.30. The van der Waals surface area contributed by atoms with Gasteiger partial charge in [0.2, 0.25) is 0 Å². The van der Waals surface area contributed by atoms with Crippen LogP contribution < -0.4 is 15.4 Å². The number of pyridine rings is 1. The lowest BCUT2D eigenvalue weighted by Crippen LogP contribution is -2.42. The zero-order valence-corrected chi connectivity index (χ0v) is 22.8. The van der Waals surface area contributed by atoms with Crippen molar-refractivity contribution >= 4 is 42.1 Å². The summed E-state index contributed by atoms with van der Waals surface area (Å²) in [4.78, 5) is 29.3. The molecule has 39 heavy (non-hydrogen) atoms. The molecule has 5 rings (SSSR count). The van der Waals surface area contributed by atoms with Crippen LogP contribution in [-0.4, -0.2) is 50.9 Å². The Morgan fingerprint density at radius 3 is 2.77 bits per heavy atom. The summed E-state index contributed by atoms with van der Waals surface area (Å²) < 4.78 is 7.54. The van der Waals surface area contributed by atoms with E-state index >= 15 is 0 Å². The molecule has 1 aliphatic rings. The predicted octanol–water partition coefficient (Wildman–Crippen LogP) is 3.88. The van der Waals surface area contributed by atoms with E-state index in [0.29, 0.717) is 12.2 Å². The largest absolute Gasteiger partial charge is 0.494 e. The number of rotatable bonds is 10. The van der Waals surface area contributed by atoms with E-state index in [1.54, 1.807) is 22.9 Å². The Kier molecular flexibility index (Phi) is 9.08. The SMILES string of the molecule is Cn1cc2cc(C(=O)N[C@@H](Cc3ccc(OCCCc4ccc5c(n4)NCCC5)cc3)C(=O)O)ccc2n1.S. The number of benzene rings is 2. The number of ether oxygens (including phenoxy) is 1. The van der Waals surface area contributed by atoms with Crippen molar-refractivity contribution in [3.63, 3.8) is 0 Å². The zero-order valence-electron chi connectivity index (χ0n) is 21.8. The number of nitrogens with one attached hydrogen (secondary N) is 2. The van der Waals surface area contributed by atoms with Crippen molar-refractivity contribution in [3.8, 4) is 5.75 Å². The first-order chi connectivity index (χ1) is 18.4. The van der Waals surface area contributed by atoms with Gasteiger partial charge in [-0.15, -0.1) is 0 Å². The quantitative estimate of drug-likeness (QED) is 0.258. The van der Waals surface area contributed by atoms with Crippen LogP contribution >= 0.6 is 13.5 Å². The van der Waals surface area contributed by atoms with Gasteiger partial charge >= 0.3 is 5.97 Å². The molecule has 0 aliphatic carbocycles. The van der Waals surface area contributed by atoms with Crippen LogP contribution in [0.4, 0.5) is 5.82 Å². The summed E-state index contributed by atoms with van der Waals surface area (Å²) in [6, 6.07) is 15.6. The van der Waals surface area contributed by atoms with Gasteiger partial charge in [0.1, 0.15) is 17.6 Å². The summed E-state index contributed by atoms with van der Waals surface area (Å²) in [5.74, 6) is 0.199. The third-order valence-corrected chi connectivity index (χ3v) is 6.65. The number of hydrogen-bond donors (Lipinski definition) is 3. The number of carboxylic acid groups (broad SMARTS) is 1.